The molecule has 6 nitrogen and oxygen atoms in total. The highest BCUT2D eigenvalue weighted by atomic mass is 16.5. The molecule has 132 valence electrons. The number of nitrogens with zero attached hydrogens (tertiary/aromatic N) is 1. The van der Waals surface area contributed by atoms with Crippen LogP contribution in [0.25, 0.3) is 11.1 Å². The van der Waals surface area contributed by atoms with Gasteiger partial charge in [0.1, 0.15) is 11.8 Å². The Morgan fingerprint density at radius 2 is 1.85 bits per heavy atom. The number of hydrogen-bond donors (Lipinski definition) is 1. The zero-order chi connectivity index (χ0) is 18.3. The highest BCUT2D eigenvalue weighted by Crippen LogP contribution is 2.39. The topological polar surface area (TPSA) is 75.7 Å². The van der Waals surface area contributed by atoms with Crippen LogP contribution in [0.1, 0.15) is 28.8 Å². The fourth-order valence-corrected chi connectivity index (χ4v) is 3.70. The molecule has 6 heteroatoms. The van der Waals surface area contributed by atoms with Gasteiger partial charge in [0.15, 0.2) is 0 Å². The first kappa shape index (κ1) is 16.3. The van der Waals surface area contributed by atoms with Crippen molar-refractivity contribution in [1.82, 2.24) is 10.2 Å². The molecule has 1 fully saturated rings. The van der Waals surface area contributed by atoms with Crippen LogP contribution in [-0.4, -0.2) is 35.8 Å². The van der Waals surface area contributed by atoms with E-state index in [1.165, 1.54) is 7.11 Å². The normalized spacial score (nSPS) is 19.3. The summed E-state index contributed by atoms with van der Waals surface area (Å²) < 4.78 is 5.40. The zero-order valence-electron chi connectivity index (χ0n) is 14.3. The molecule has 0 bridgehead atoms. The summed E-state index contributed by atoms with van der Waals surface area (Å²) in [5.41, 5.74) is 3.30. The summed E-state index contributed by atoms with van der Waals surface area (Å²) in [6, 6.07) is 12.9. The molecule has 26 heavy (non-hydrogen) atoms. The van der Waals surface area contributed by atoms with E-state index in [2.05, 4.69) is 5.32 Å². The molecule has 0 aromatic heterocycles. The first-order valence-corrected chi connectivity index (χ1v) is 8.50. The van der Waals surface area contributed by atoms with Crippen LogP contribution in [0.2, 0.25) is 0 Å². The number of amides is 3. The molecule has 2 heterocycles. The Kier molecular flexibility index (Phi) is 3.95. The average Bonchev–Trinajstić information content (AvgIpc) is 2.99. The van der Waals surface area contributed by atoms with Gasteiger partial charge in [0.2, 0.25) is 11.8 Å². The SMILES string of the molecule is COc1ccc(-c2ccccc2)c2c1C(=O)N(C1CCC(=O)NC1=O)C2. The molecule has 3 amide bonds. The minimum Gasteiger partial charge on any atom is -0.496 e. The number of benzene rings is 2. The maximum atomic E-state index is 13.1. The number of ether oxygens (including phenoxy) is 1. The molecule has 4 rings (SSSR count). The lowest BCUT2D eigenvalue weighted by atomic mass is 9.96. The molecular weight excluding hydrogens is 332 g/mol. The van der Waals surface area contributed by atoms with Gasteiger partial charge < -0.3 is 9.64 Å². The summed E-state index contributed by atoms with van der Waals surface area (Å²) >= 11 is 0. The van der Waals surface area contributed by atoms with E-state index in [-0.39, 0.29) is 18.2 Å². The maximum Gasteiger partial charge on any atom is 0.258 e. The molecule has 0 spiro atoms. The first-order chi connectivity index (χ1) is 12.6. The molecule has 0 radical (unpaired) electrons. The fourth-order valence-electron chi connectivity index (χ4n) is 3.70. The molecule has 2 aliphatic rings. The number of methoxy groups -OCH3 is 1. The lowest BCUT2D eigenvalue weighted by molar-refractivity contribution is -0.136. The highest BCUT2D eigenvalue weighted by molar-refractivity contribution is 6.07. The average molecular weight is 350 g/mol. The minimum absolute atomic E-state index is 0.232. The van der Waals surface area contributed by atoms with Gasteiger partial charge in [-0.25, -0.2) is 0 Å². The predicted molar refractivity (Wildman–Crippen MR) is 94.5 cm³/mol. The van der Waals surface area contributed by atoms with Crippen molar-refractivity contribution >= 4 is 17.7 Å². The van der Waals surface area contributed by atoms with Crippen molar-refractivity contribution in [1.29, 1.82) is 0 Å². The van der Waals surface area contributed by atoms with E-state index < -0.39 is 11.9 Å². The fraction of sp³-hybridized carbons (Fsp3) is 0.250. The Balaban J connectivity index is 1.77. The molecule has 1 unspecified atom stereocenters. The van der Waals surface area contributed by atoms with Crippen LogP contribution >= 0.6 is 0 Å². The van der Waals surface area contributed by atoms with Gasteiger partial charge in [-0.05, 0) is 29.2 Å². The predicted octanol–water partition coefficient (Wildman–Crippen LogP) is 2.12. The third-order valence-electron chi connectivity index (χ3n) is 4.97. The van der Waals surface area contributed by atoms with Crippen LogP contribution in [0.4, 0.5) is 0 Å². The molecule has 1 N–H and O–H groups in total. The van der Waals surface area contributed by atoms with Crippen molar-refractivity contribution in [3.63, 3.8) is 0 Å². The number of imide groups is 1. The van der Waals surface area contributed by atoms with Crippen LogP contribution in [-0.2, 0) is 16.1 Å². The number of nitrogens with one attached hydrogen (secondary N) is 1. The molecule has 2 aliphatic heterocycles. The second-order valence-electron chi connectivity index (χ2n) is 6.43. The van der Waals surface area contributed by atoms with Gasteiger partial charge in [-0.15, -0.1) is 0 Å². The Labute approximate surface area is 150 Å². The molecule has 1 atom stereocenters. The molecule has 1 saturated heterocycles. The van der Waals surface area contributed by atoms with Gasteiger partial charge in [0, 0.05) is 13.0 Å². The quantitative estimate of drug-likeness (QED) is 0.861. The van der Waals surface area contributed by atoms with Crippen molar-refractivity contribution in [2.45, 2.75) is 25.4 Å². The number of fused-ring (bicyclic) bond motifs is 1. The Hall–Kier alpha value is -3.15. The van der Waals surface area contributed by atoms with Gasteiger partial charge in [-0.1, -0.05) is 36.4 Å². The van der Waals surface area contributed by atoms with Gasteiger partial charge in [-0.3, -0.25) is 19.7 Å². The smallest absolute Gasteiger partial charge is 0.258 e. The van der Waals surface area contributed by atoms with Gasteiger partial charge in [-0.2, -0.15) is 0 Å². The number of carbonyl (C=O) groups excluding carboxylic acids is 3. The lowest BCUT2D eigenvalue weighted by Gasteiger charge is -2.29. The van der Waals surface area contributed by atoms with E-state index >= 15 is 0 Å². The van der Waals surface area contributed by atoms with E-state index in [0.717, 1.165) is 16.7 Å². The van der Waals surface area contributed by atoms with Crippen LogP contribution in [0.3, 0.4) is 0 Å². The summed E-state index contributed by atoms with van der Waals surface area (Å²) in [4.78, 5) is 38.3. The third kappa shape index (κ3) is 2.54. The Morgan fingerprint density at radius 3 is 2.54 bits per heavy atom. The van der Waals surface area contributed by atoms with Gasteiger partial charge in [0.25, 0.3) is 5.91 Å². The van der Waals surface area contributed by atoms with Crippen molar-refractivity contribution in [2.24, 2.45) is 0 Å². The Bertz CT molecular complexity index is 908. The lowest BCUT2D eigenvalue weighted by Crippen LogP contribution is -2.52. The van der Waals surface area contributed by atoms with Crippen molar-refractivity contribution < 1.29 is 19.1 Å². The monoisotopic (exact) mass is 350 g/mol. The van der Waals surface area contributed by atoms with Crippen molar-refractivity contribution in [3.8, 4) is 16.9 Å². The van der Waals surface area contributed by atoms with E-state index in [1.807, 2.05) is 36.4 Å². The number of hydrogen-bond acceptors (Lipinski definition) is 4. The Morgan fingerprint density at radius 1 is 1.08 bits per heavy atom. The van der Waals surface area contributed by atoms with Crippen LogP contribution in [0.5, 0.6) is 5.75 Å². The van der Waals surface area contributed by atoms with E-state index in [0.29, 0.717) is 24.3 Å². The summed E-state index contributed by atoms with van der Waals surface area (Å²) in [5, 5.41) is 2.33. The van der Waals surface area contributed by atoms with E-state index in [1.54, 1.807) is 11.0 Å². The van der Waals surface area contributed by atoms with Gasteiger partial charge in [0.05, 0.1) is 12.7 Å². The molecule has 2 aromatic rings. The van der Waals surface area contributed by atoms with Crippen LogP contribution in [0.15, 0.2) is 42.5 Å². The highest BCUT2D eigenvalue weighted by Gasteiger charge is 2.41. The van der Waals surface area contributed by atoms with E-state index in [4.69, 9.17) is 4.74 Å². The van der Waals surface area contributed by atoms with Gasteiger partial charge >= 0.3 is 0 Å². The number of piperidine rings is 1. The second kappa shape index (κ2) is 6.29. The number of rotatable bonds is 3. The molecule has 2 aromatic carbocycles. The molecule has 0 aliphatic carbocycles. The first-order valence-electron chi connectivity index (χ1n) is 8.50. The largest absolute Gasteiger partial charge is 0.496 e. The van der Waals surface area contributed by atoms with Crippen molar-refractivity contribution in [2.75, 3.05) is 7.11 Å². The molecule has 0 saturated carbocycles. The van der Waals surface area contributed by atoms with Crippen LogP contribution < -0.4 is 10.1 Å². The second-order valence-corrected chi connectivity index (χ2v) is 6.43. The summed E-state index contributed by atoms with van der Waals surface area (Å²) in [5.74, 6) is -0.441. The maximum absolute atomic E-state index is 13.1. The summed E-state index contributed by atoms with van der Waals surface area (Å²) in [6.07, 6.45) is 0.576. The van der Waals surface area contributed by atoms with E-state index in [9.17, 15) is 14.4 Å². The summed E-state index contributed by atoms with van der Waals surface area (Å²) in [6.45, 7) is 0.321. The number of carbonyl (C=O) groups is 3. The summed E-state index contributed by atoms with van der Waals surface area (Å²) in [7, 11) is 1.53. The van der Waals surface area contributed by atoms with Crippen LogP contribution in [0, 0.1) is 0 Å². The third-order valence-corrected chi connectivity index (χ3v) is 4.97. The van der Waals surface area contributed by atoms with Crippen molar-refractivity contribution in [3.05, 3.63) is 53.6 Å². The minimum atomic E-state index is -0.638. The zero-order valence-corrected chi connectivity index (χ0v) is 14.3. The molecular formula is C20H18N2O4. The standard InChI is InChI=1S/C20H18N2O4/c1-26-16-9-7-13(12-5-3-2-4-6-12)14-11-22(20(25)18(14)16)15-8-10-17(23)21-19(15)24/h2-7,9,15H,8,10-11H2,1H3,(H,21,23,24).